The Hall–Kier alpha value is -2.42. The Labute approximate surface area is 130 Å². The molecule has 1 N–H and O–H groups in total. The third-order valence-corrected chi connectivity index (χ3v) is 3.79. The number of aromatic nitrogens is 1. The highest BCUT2D eigenvalue weighted by Gasteiger charge is 2.12. The molecule has 2 aromatic carbocycles. The summed E-state index contributed by atoms with van der Waals surface area (Å²) in [7, 11) is 0. The number of rotatable bonds is 4. The highest BCUT2D eigenvalue weighted by molar-refractivity contribution is 5.83. The number of hydrogen-bond donors (Lipinski definition) is 1. The molecule has 1 heterocycles. The molecule has 0 fully saturated rings. The second kappa shape index (κ2) is 5.76. The molecule has 0 unspecified atom stereocenters. The summed E-state index contributed by atoms with van der Waals surface area (Å²) in [6.45, 7) is 6.88. The molecule has 0 aliphatic rings. The van der Waals surface area contributed by atoms with Crippen molar-refractivity contribution in [1.82, 2.24) is 4.57 Å². The van der Waals surface area contributed by atoms with Gasteiger partial charge >= 0.3 is 0 Å². The van der Waals surface area contributed by atoms with Crippen molar-refractivity contribution in [2.75, 3.05) is 0 Å². The van der Waals surface area contributed by atoms with Crippen LogP contribution in [-0.4, -0.2) is 9.67 Å². The average Bonchev–Trinajstić information content (AvgIpc) is 2.82. The number of phenolic OH excluding ortho intramolecular Hbond substituents is 1. The third-order valence-electron chi connectivity index (χ3n) is 3.79. The minimum atomic E-state index is 0.291. The number of benzene rings is 2. The van der Waals surface area contributed by atoms with Crippen LogP contribution in [0, 0.1) is 6.92 Å². The predicted molar refractivity (Wildman–Crippen MR) is 89.5 cm³/mol. The van der Waals surface area contributed by atoms with Gasteiger partial charge < -0.3 is 14.4 Å². The summed E-state index contributed by atoms with van der Waals surface area (Å²) >= 11 is 0. The molecular weight excluding hydrogens is 274 g/mol. The highest BCUT2D eigenvalue weighted by atomic mass is 16.5. The summed E-state index contributed by atoms with van der Waals surface area (Å²) in [5.74, 6) is 1.17. The largest absolute Gasteiger partial charge is 0.508 e. The van der Waals surface area contributed by atoms with Crippen molar-refractivity contribution >= 4 is 10.9 Å². The van der Waals surface area contributed by atoms with Gasteiger partial charge in [0.25, 0.3) is 0 Å². The van der Waals surface area contributed by atoms with Crippen molar-refractivity contribution in [3.63, 3.8) is 0 Å². The van der Waals surface area contributed by atoms with Gasteiger partial charge in [-0.05, 0) is 62.7 Å². The zero-order valence-corrected chi connectivity index (χ0v) is 13.2. The number of fused-ring (bicyclic) bond motifs is 1. The van der Waals surface area contributed by atoms with Crippen molar-refractivity contribution in [2.24, 2.45) is 0 Å². The van der Waals surface area contributed by atoms with E-state index in [9.17, 15) is 5.11 Å². The second-order valence-corrected chi connectivity index (χ2v) is 5.95. The molecule has 0 amide bonds. The van der Waals surface area contributed by atoms with E-state index in [1.807, 2.05) is 24.3 Å². The van der Waals surface area contributed by atoms with Gasteiger partial charge in [-0.25, -0.2) is 0 Å². The van der Waals surface area contributed by atoms with E-state index in [1.54, 1.807) is 12.1 Å². The zero-order chi connectivity index (χ0) is 15.7. The molecule has 0 aliphatic carbocycles. The van der Waals surface area contributed by atoms with Crippen LogP contribution in [-0.2, 0) is 6.61 Å². The van der Waals surface area contributed by atoms with Crippen molar-refractivity contribution in [3.8, 4) is 11.5 Å². The molecule has 3 aromatic rings. The summed E-state index contributed by atoms with van der Waals surface area (Å²) in [6.07, 6.45) is 0. The second-order valence-electron chi connectivity index (χ2n) is 5.95. The number of hydrogen-bond acceptors (Lipinski definition) is 2. The summed E-state index contributed by atoms with van der Waals surface area (Å²) in [6, 6.07) is 16.0. The Bertz CT molecular complexity index is 802. The van der Waals surface area contributed by atoms with E-state index in [0.29, 0.717) is 18.4 Å². The summed E-state index contributed by atoms with van der Waals surface area (Å²) in [5, 5.41) is 10.7. The van der Waals surface area contributed by atoms with Crippen molar-refractivity contribution in [1.29, 1.82) is 0 Å². The minimum absolute atomic E-state index is 0.291. The van der Waals surface area contributed by atoms with Gasteiger partial charge in [-0.15, -0.1) is 0 Å². The third kappa shape index (κ3) is 2.80. The lowest BCUT2D eigenvalue weighted by Crippen LogP contribution is -2.08. The van der Waals surface area contributed by atoms with E-state index in [-0.39, 0.29) is 0 Å². The minimum Gasteiger partial charge on any atom is -0.508 e. The molecule has 0 atom stereocenters. The average molecular weight is 295 g/mol. The molecule has 22 heavy (non-hydrogen) atoms. The van der Waals surface area contributed by atoms with Crippen LogP contribution in [0.3, 0.4) is 0 Å². The first-order valence-electron chi connectivity index (χ1n) is 7.57. The van der Waals surface area contributed by atoms with Crippen molar-refractivity contribution in [2.45, 2.75) is 33.4 Å². The van der Waals surface area contributed by atoms with E-state index in [0.717, 1.165) is 22.3 Å². The maximum Gasteiger partial charge on any atom is 0.128 e. The maximum atomic E-state index is 9.67. The molecule has 0 saturated heterocycles. The van der Waals surface area contributed by atoms with Crippen LogP contribution in [0.15, 0.2) is 48.5 Å². The lowest BCUT2D eigenvalue weighted by atomic mass is 10.2. The van der Waals surface area contributed by atoms with E-state index >= 15 is 0 Å². The van der Waals surface area contributed by atoms with Crippen molar-refractivity contribution in [3.05, 3.63) is 59.8 Å². The van der Waals surface area contributed by atoms with Crippen LogP contribution in [0.5, 0.6) is 11.5 Å². The van der Waals surface area contributed by atoms with E-state index in [1.165, 1.54) is 5.56 Å². The molecule has 3 nitrogen and oxygen atoms in total. The monoisotopic (exact) mass is 295 g/mol. The zero-order valence-electron chi connectivity index (χ0n) is 13.2. The first-order chi connectivity index (χ1) is 10.5. The topological polar surface area (TPSA) is 34.4 Å². The fourth-order valence-corrected chi connectivity index (χ4v) is 2.86. The first-order valence-corrected chi connectivity index (χ1v) is 7.57. The molecular formula is C19H21NO2. The SMILES string of the molecule is Cc1cccc(OCc2cc3cc(O)ccc3n2C(C)C)c1. The fraction of sp³-hybridized carbons (Fsp3) is 0.263. The molecule has 0 saturated carbocycles. The number of phenols is 1. The summed E-state index contributed by atoms with van der Waals surface area (Å²) in [5.41, 5.74) is 3.42. The Morgan fingerprint density at radius 2 is 1.91 bits per heavy atom. The number of aryl methyl sites for hydroxylation is 1. The number of ether oxygens (including phenoxy) is 1. The Morgan fingerprint density at radius 3 is 2.64 bits per heavy atom. The fourth-order valence-electron chi connectivity index (χ4n) is 2.86. The van der Waals surface area contributed by atoms with E-state index in [4.69, 9.17) is 4.74 Å². The molecule has 3 rings (SSSR count). The van der Waals surface area contributed by atoms with Gasteiger partial charge in [0.1, 0.15) is 18.1 Å². The quantitative estimate of drug-likeness (QED) is 0.749. The van der Waals surface area contributed by atoms with E-state index < -0.39 is 0 Å². The normalized spacial score (nSPS) is 11.3. The maximum absolute atomic E-state index is 9.67. The van der Waals surface area contributed by atoms with Crippen LogP contribution >= 0.6 is 0 Å². The van der Waals surface area contributed by atoms with Crippen LogP contribution in [0.4, 0.5) is 0 Å². The van der Waals surface area contributed by atoms with E-state index in [2.05, 4.69) is 37.5 Å². The molecule has 0 aliphatic heterocycles. The molecule has 0 spiro atoms. The van der Waals surface area contributed by atoms with Gasteiger partial charge in [-0.2, -0.15) is 0 Å². The van der Waals surface area contributed by atoms with Crippen LogP contribution < -0.4 is 4.74 Å². The predicted octanol–water partition coefficient (Wildman–Crippen LogP) is 4.82. The standard InChI is InChI=1S/C19H21NO2/c1-13(2)20-16(10-15-11-17(21)7-8-19(15)20)12-22-18-6-4-5-14(3)9-18/h4-11,13,21H,12H2,1-3H3. The van der Waals surface area contributed by atoms with Gasteiger partial charge in [-0.3, -0.25) is 0 Å². The first kappa shape index (κ1) is 14.5. The molecule has 3 heteroatoms. The van der Waals surface area contributed by atoms with Gasteiger partial charge in [0.15, 0.2) is 0 Å². The van der Waals surface area contributed by atoms with Crippen LogP contribution in [0.1, 0.15) is 31.1 Å². The van der Waals surface area contributed by atoms with Crippen molar-refractivity contribution < 1.29 is 9.84 Å². The Balaban J connectivity index is 1.94. The number of nitrogens with zero attached hydrogens (tertiary/aromatic N) is 1. The lowest BCUT2D eigenvalue weighted by molar-refractivity contribution is 0.293. The molecule has 114 valence electrons. The summed E-state index contributed by atoms with van der Waals surface area (Å²) < 4.78 is 8.19. The van der Waals surface area contributed by atoms with Gasteiger partial charge in [0.2, 0.25) is 0 Å². The summed E-state index contributed by atoms with van der Waals surface area (Å²) in [4.78, 5) is 0. The Morgan fingerprint density at radius 1 is 1.09 bits per heavy atom. The van der Waals surface area contributed by atoms with Gasteiger partial charge in [0, 0.05) is 16.9 Å². The lowest BCUT2D eigenvalue weighted by Gasteiger charge is -2.15. The smallest absolute Gasteiger partial charge is 0.128 e. The van der Waals surface area contributed by atoms with Crippen LogP contribution in [0.2, 0.25) is 0 Å². The molecule has 0 bridgehead atoms. The van der Waals surface area contributed by atoms with Gasteiger partial charge in [0.05, 0.1) is 5.69 Å². The highest BCUT2D eigenvalue weighted by Crippen LogP contribution is 2.28. The van der Waals surface area contributed by atoms with Gasteiger partial charge in [-0.1, -0.05) is 12.1 Å². The van der Waals surface area contributed by atoms with Crippen LogP contribution in [0.25, 0.3) is 10.9 Å². The Kier molecular flexibility index (Phi) is 3.80. The molecule has 0 radical (unpaired) electrons. The molecule has 1 aromatic heterocycles. The number of aromatic hydroxyl groups is 1.